The van der Waals surface area contributed by atoms with Crippen LogP contribution in [0.4, 0.5) is 0 Å². The van der Waals surface area contributed by atoms with Crippen LogP contribution in [0.5, 0.6) is 0 Å². The molecule has 2 aromatic rings. The summed E-state index contributed by atoms with van der Waals surface area (Å²) in [7, 11) is 1.99. The molecule has 0 aliphatic heterocycles. The first-order valence-corrected chi connectivity index (χ1v) is 6.65. The summed E-state index contributed by atoms with van der Waals surface area (Å²) < 4.78 is 2.04. The van der Waals surface area contributed by atoms with Gasteiger partial charge in [0, 0.05) is 13.2 Å². The van der Waals surface area contributed by atoms with Crippen LogP contribution in [0.2, 0.25) is 0 Å². The van der Waals surface area contributed by atoms with Gasteiger partial charge in [0.25, 0.3) is 0 Å². The second-order valence-corrected chi connectivity index (χ2v) is 4.75. The summed E-state index contributed by atoms with van der Waals surface area (Å²) in [6, 6.07) is 3.92. The Balaban J connectivity index is 2.33. The number of fused-ring (bicyclic) bond motifs is 1. The predicted molar refractivity (Wildman–Crippen MR) is 68.4 cm³/mol. The van der Waals surface area contributed by atoms with Gasteiger partial charge in [0.1, 0.15) is 5.82 Å². The zero-order chi connectivity index (χ0) is 11.5. The minimum atomic E-state index is -0.00773. The van der Waals surface area contributed by atoms with E-state index in [1.807, 2.05) is 23.7 Å². The molecule has 2 rings (SSSR count). The average molecular weight is 236 g/mol. The van der Waals surface area contributed by atoms with Crippen molar-refractivity contribution in [2.75, 3.05) is 12.0 Å². The molecule has 2 heterocycles. The third-order valence-electron chi connectivity index (χ3n) is 2.66. The van der Waals surface area contributed by atoms with Crippen LogP contribution in [0.3, 0.4) is 0 Å². The number of aryl methyl sites for hydroxylation is 1. The molecule has 1 unspecified atom stereocenters. The van der Waals surface area contributed by atoms with Crippen LogP contribution in [0.25, 0.3) is 11.2 Å². The molecule has 2 aromatic heterocycles. The van der Waals surface area contributed by atoms with Gasteiger partial charge < -0.3 is 10.3 Å². The van der Waals surface area contributed by atoms with E-state index < -0.39 is 0 Å². The zero-order valence-electron chi connectivity index (χ0n) is 9.55. The first-order valence-electron chi connectivity index (χ1n) is 5.26. The molecule has 4 nitrogen and oxygen atoms in total. The van der Waals surface area contributed by atoms with Gasteiger partial charge in [-0.05, 0) is 30.6 Å². The maximum absolute atomic E-state index is 6.12. The van der Waals surface area contributed by atoms with Crippen LogP contribution in [-0.2, 0) is 7.05 Å². The fourth-order valence-electron chi connectivity index (χ4n) is 1.75. The Kier molecular flexibility index (Phi) is 3.46. The van der Waals surface area contributed by atoms with Gasteiger partial charge in [-0.1, -0.05) is 0 Å². The summed E-state index contributed by atoms with van der Waals surface area (Å²) in [6.07, 6.45) is 4.79. The molecule has 0 amide bonds. The van der Waals surface area contributed by atoms with E-state index in [1.54, 1.807) is 18.0 Å². The molecule has 86 valence electrons. The summed E-state index contributed by atoms with van der Waals surface area (Å²) in [5, 5.41) is 0. The lowest BCUT2D eigenvalue weighted by molar-refractivity contribution is 0.627. The van der Waals surface area contributed by atoms with Crippen molar-refractivity contribution in [1.82, 2.24) is 14.5 Å². The number of hydrogen-bond acceptors (Lipinski definition) is 4. The summed E-state index contributed by atoms with van der Waals surface area (Å²) in [4.78, 5) is 8.72. The van der Waals surface area contributed by atoms with Crippen LogP contribution < -0.4 is 5.73 Å². The largest absolute Gasteiger partial charge is 0.328 e. The van der Waals surface area contributed by atoms with Crippen molar-refractivity contribution >= 4 is 22.9 Å². The van der Waals surface area contributed by atoms with Crippen LogP contribution in [0, 0.1) is 0 Å². The third kappa shape index (κ3) is 2.05. The molecular formula is C11H16N4S. The SMILES string of the molecule is CSCCC(N)c1nc2ncccc2n1C. The van der Waals surface area contributed by atoms with Crippen molar-refractivity contribution < 1.29 is 0 Å². The molecule has 0 aromatic carbocycles. The standard InChI is InChI=1S/C11H16N4S/c1-15-9-4-3-6-13-10(9)14-11(15)8(12)5-7-16-2/h3-4,6,8H,5,7,12H2,1-2H3. The lowest BCUT2D eigenvalue weighted by Gasteiger charge is -2.10. The first-order chi connectivity index (χ1) is 7.74. The van der Waals surface area contributed by atoms with E-state index in [9.17, 15) is 0 Å². The van der Waals surface area contributed by atoms with E-state index in [0.717, 1.165) is 29.2 Å². The molecule has 0 saturated carbocycles. The highest BCUT2D eigenvalue weighted by Crippen LogP contribution is 2.19. The van der Waals surface area contributed by atoms with E-state index in [1.165, 1.54) is 0 Å². The van der Waals surface area contributed by atoms with Gasteiger partial charge in [0.2, 0.25) is 0 Å². The number of thioether (sulfide) groups is 1. The van der Waals surface area contributed by atoms with Crippen molar-refractivity contribution in [2.45, 2.75) is 12.5 Å². The van der Waals surface area contributed by atoms with E-state index >= 15 is 0 Å². The maximum Gasteiger partial charge on any atom is 0.177 e. The van der Waals surface area contributed by atoms with E-state index in [4.69, 9.17) is 5.73 Å². The van der Waals surface area contributed by atoms with Gasteiger partial charge in [-0.15, -0.1) is 0 Å². The molecule has 2 N–H and O–H groups in total. The normalized spacial score (nSPS) is 13.2. The predicted octanol–water partition coefficient (Wildman–Crippen LogP) is 1.72. The van der Waals surface area contributed by atoms with Crippen LogP contribution in [-0.4, -0.2) is 26.5 Å². The molecular weight excluding hydrogens is 220 g/mol. The number of aromatic nitrogens is 3. The molecule has 0 fully saturated rings. The van der Waals surface area contributed by atoms with Crippen molar-refractivity contribution in [2.24, 2.45) is 12.8 Å². The quantitative estimate of drug-likeness (QED) is 0.878. The van der Waals surface area contributed by atoms with Crippen LogP contribution in [0.15, 0.2) is 18.3 Å². The fourth-order valence-corrected chi connectivity index (χ4v) is 2.24. The van der Waals surface area contributed by atoms with E-state index in [0.29, 0.717) is 0 Å². The number of hydrogen-bond donors (Lipinski definition) is 1. The Hall–Kier alpha value is -1.07. The van der Waals surface area contributed by atoms with Crippen molar-refractivity contribution in [3.05, 3.63) is 24.2 Å². The van der Waals surface area contributed by atoms with Crippen molar-refractivity contribution in [3.8, 4) is 0 Å². The van der Waals surface area contributed by atoms with E-state index in [-0.39, 0.29) is 6.04 Å². The van der Waals surface area contributed by atoms with Gasteiger partial charge in [0.05, 0.1) is 11.6 Å². The number of nitrogens with zero attached hydrogens (tertiary/aromatic N) is 3. The molecule has 0 radical (unpaired) electrons. The van der Waals surface area contributed by atoms with Gasteiger partial charge in [-0.25, -0.2) is 9.97 Å². The molecule has 5 heteroatoms. The third-order valence-corrected chi connectivity index (χ3v) is 3.30. The Morgan fingerprint density at radius 1 is 1.56 bits per heavy atom. The van der Waals surface area contributed by atoms with Gasteiger partial charge in [-0.3, -0.25) is 0 Å². The fraction of sp³-hybridized carbons (Fsp3) is 0.455. The average Bonchev–Trinajstić information content (AvgIpc) is 2.64. The molecule has 0 spiro atoms. The maximum atomic E-state index is 6.12. The van der Waals surface area contributed by atoms with Crippen molar-refractivity contribution in [1.29, 1.82) is 0 Å². The summed E-state index contributed by atoms with van der Waals surface area (Å²) >= 11 is 1.80. The molecule has 0 saturated heterocycles. The molecule has 1 atom stereocenters. The second kappa shape index (κ2) is 4.84. The number of imidazole rings is 1. The Morgan fingerprint density at radius 3 is 3.06 bits per heavy atom. The highest BCUT2D eigenvalue weighted by molar-refractivity contribution is 7.98. The Morgan fingerprint density at radius 2 is 2.38 bits per heavy atom. The van der Waals surface area contributed by atoms with E-state index in [2.05, 4.69) is 16.2 Å². The molecule has 16 heavy (non-hydrogen) atoms. The molecule has 0 aliphatic carbocycles. The van der Waals surface area contributed by atoms with Crippen LogP contribution in [0.1, 0.15) is 18.3 Å². The smallest absolute Gasteiger partial charge is 0.177 e. The first kappa shape index (κ1) is 11.4. The minimum Gasteiger partial charge on any atom is -0.328 e. The topological polar surface area (TPSA) is 56.7 Å². The minimum absolute atomic E-state index is 0.00773. The molecule has 0 bridgehead atoms. The summed E-state index contributed by atoms with van der Waals surface area (Å²) in [6.45, 7) is 0. The second-order valence-electron chi connectivity index (χ2n) is 3.76. The lowest BCUT2D eigenvalue weighted by atomic mass is 10.2. The lowest BCUT2D eigenvalue weighted by Crippen LogP contribution is -2.16. The Labute approximate surface area is 99.3 Å². The number of pyridine rings is 1. The van der Waals surface area contributed by atoms with Crippen molar-refractivity contribution in [3.63, 3.8) is 0 Å². The monoisotopic (exact) mass is 236 g/mol. The highest BCUT2D eigenvalue weighted by Gasteiger charge is 2.14. The van der Waals surface area contributed by atoms with Gasteiger partial charge >= 0.3 is 0 Å². The Bertz CT molecular complexity index is 480. The number of rotatable bonds is 4. The summed E-state index contributed by atoms with van der Waals surface area (Å²) in [5.74, 6) is 1.97. The highest BCUT2D eigenvalue weighted by atomic mass is 32.2. The summed E-state index contributed by atoms with van der Waals surface area (Å²) in [5.41, 5.74) is 7.94. The number of nitrogens with two attached hydrogens (primary N) is 1. The molecule has 0 aliphatic rings. The van der Waals surface area contributed by atoms with Gasteiger partial charge in [0.15, 0.2) is 5.65 Å². The van der Waals surface area contributed by atoms with Crippen LogP contribution >= 0.6 is 11.8 Å². The van der Waals surface area contributed by atoms with Gasteiger partial charge in [-0.2, -0.15) is 11.8 Å². The zero-order valence-corrected chi connectivity index (χ0v) is 10.4.